The van der Waals surface area contributed by atoms with Crippen molar-refractivity contribution in [2.24, 2.45) is 5.92 Å². The zero-order valence-corrected chi connectivity index (χ0v) is 17.0. The fraction of sp³-hybridized carbons (Fsp3) is 0.952. The molecule has 0 heterocycles. The van der Waals surface area contributed by atoms with Gasteiger partial charge in [-0.3, -0.25) is 4.79 Å². The Labute approximate surface area is 156 Å². The Morgan fingerprint density at radius 2 is 1.56 bits per heavy atom. The predicted molar refractivity (Wildman–Crippen MR) is 106 cm³/mol. The first kappa shape index (κ1) is 24.4. The van der Waals surface area contributed by atoms with Crippen LogP contribution in [0.2, 0.25) is 0 Å². The SMILES string of the molecule is CCCCCCCCCC(CC)CCN(CC(O)CO)C(=O)CCC. The highest BCUT2D eigenvalue weighted by molar-refractivity contribution is 5.76. The average Bonchev–Trinajstić information content (AvgIpc) is 2.62. The number of carbonyl (C=O) groups is 1. The van der Waals surface area contributed by atoms with Crippen molar-refractivity contribution in [3.8, 4) is 0 Å². The summed E-state index contributed by atoms with van der Waals surface area (Å²) in [6.07, 6.45) is 13.2. The maximum absolute atomic E-state index is 12.2. The lowest BCUT2D eigenvalue weighted by Crippen LogP contribution is -2.39. The molecule has 25 heavy (non-hydrogen) atoms. The Morgan fingerprint density at radius 1 is 0.920 bits per heavy atom. The second-order valence-corrected chi connectivity index (χ2v) is 7.40. The van der Waals surface area contributed by atoms with Gasteiger partial charge in [0.05, 0.1) is 12.7 Å². The Hall–Kier alpha value is -0.610. The molecule has 150 valence electrons. The van der Waals surface area contributed by atoms with Crippen molar-refractivity contribution in [3.63, 3.8) is 0 Å². The standard InChI is InChI=1S/C21H43NO3/c1-4-7-8-9-10-11-12-14-19(6-3)15-16-22(17-20(24)18-23)21(25)13-5-2/h19-20,23-24H,4-18H2,1-3H3. The third-order valence-corrected chi connectivity index (χ3v) is 5.06. The van der Waals surface area contributed by atoms with Crippen LogP contribution in [0.1, 0.15) is 97.8 Å². The van der Waals surface area contributed by atoms with Gasteiger partial charge in [0.15, 0.2) is 0 Å². The van der Waals surface area contributed by atoms with E-state index in [0.717, 1.165) is 19.3 Å². The summed E-state index contributed by atoms with van der Waals surface area (Å²) < 4.78 is 0. The lowest BCUT2D eigenvalue weighted by Gasteiger charge is -2.27. The topological polar surface area (TPSA) is 60.8 Å². The minimum absolute atomic E-state index is 0.0979. The summed E-state index contributed by atoms with van der Waals surface area (Å²) >= 11 is 0. The third kappa shape index (κ3) is 13.3. The highest BCUT2D eigenvalue weighted by atomic mass is 16.3. The monoisotopic (exact) mass is 357 g/mol. The molecular weight excluding hydrogens is 314 g/mol. The number of hydrogen-bond acceptors (Lipinski definition) is 3. The molecule has 0 aliphatic rings. The zero-order chi connectivity index (χ0) is 18.9. The fourth-order valence-electron chi connectivity index (χ4n) is 3.28. The lowest BCUT2D eigenvalue weighted by atomic mass is 9.94. The number of carbonyl (C=O) groups excluding carboxylic acids is 1. The van der Waals surface area contributed by atoms with E-state index in [1.165, 1.54) is 51.4 Å². The van der Waals surface area contributed by atoms with Crippen molar-refractivity contribution in [2.45, 2.75) is 104 Å². The first-order valence-corrected chi connectivity index (χ1v) is 10.7. The molecule has 0 aromatic carbocycles. The highest BCUT2D eigenvalue weighted by Crippen LogP contribution is 2.19. The molecule has 0 saturated heterocycles. The van der Waals surface area contributed by atoms with Gasteiger partial charge in [-0.1, -0.05) is 78.6 Å². The molecule has 0 fully saturated rings. The Kier molecular flexibility index (Phi) is 16.4. The maximum atomic E-state index is 12.2. The molecule has 0 aromatic rings. The first-order chi connectivity index (χ1) is 12.1. The van der Waals surface area contributed by atoms with Gasteiger partial charge in [0.25, 0.3) is 0 Å². The largest absolute Gasteiger partial charge is 0.394 e. The second kappa shape index (κ2) is 16.8. The van der Waals surface area contributed by atoms with Crippen molar-refractivity contribution >= 4 is 5.91 Å². The van der Waals surface area contributed by atoms with Crippen LogP contribution in [0.4, 0.5) is 0 Å². The number of aliphatic hydroxyl groups is 2. The van der Waals surface area contributed by atoms with Crippen LogP contribution in [0.15, 0.2) is 0 Å². The molecule has 0 bridgehead atoms. The van der Waals surface area contributed by atoms with Gasteiger partial charge < -0.3 is 15.1 Å². The molecule has 0 spiro atoms. The molecule has 0 aliphatic heterocycles. The van der Waals surface area contributed by atoms with E-state index in [0.29, 0.717) is 18.9 Å². The molecule has 0 radical (unpaired) electrons. The zero-order valence-electron chi connectivity index (χ0n) is 17.0. The normalized spacial score (nSPS) is 13.6. The summed E-state index contributed by atoms with van der Waals surface area (Å²) in [5, 5.41) is 18.7. The van der Waals surface area contributed by atoms with Crippen LogP contribution in [0, 0.1) is 5.92 Å². The molecule has 2 unspecified atom stereocenters. The molecule has 0 aromatic heterocycles. The summed E-state index contributed by atoms with van der Waals surface area (Å²) in [7, 11) is 0. The van der Waals surface area contributed by atoms with Gasteiger partial charge in [-0.15, -0.1) is 0 Å². The number of amides is 1. The van der Waals surface area contributed by atoms with Gasteiger partial charge in [-0.05, 0) is 18.8 Å². The van der Waals surface area contributed by atoms with Crippen molar-refractivity contribution in [3.05, 3.63) is 0 Å². The highest BCUT2D eigenvalue weighted by Gasteiger charge is 2.18. The molecule has 2 N–H and O–H groups in total. The molecule has 0 rings (SSSR count). The van der Waals surface area contributed by atoms with Crippen molar-refractivity contribution in [2.75, 3.05) is 19.7 Å². The summed E-state index contributed by atoms with van der Waals surface area (Å²) in [6.45, 7) is 7.14. The predicted octanol–water partition coefficient (Wildman–Crippen LogP) is 4.53. The van der Waals surface area contributed by atoms with E-state index in [4.69, 9.17) is 5.11 Å². The smallest absolute Gasteiger partial charge is 0.222 e. The summed E-state index contributed by atoms with van der Waals surface area (Å²) in [5.41, 5.74) is 0. The van der Waals surface area contributed by atoms with Crippen LogP contribution in [-0.2, 0) is 4.79 Å². The maximum Gasteiger partial charge on any atom is 0.222 e. The Morgan fingerprint density at radius 3 is 2.12 bits per heavy atom. The quantitative estimate of drug-likeness (QED) is 0.376. The van der Waals surface area contributed by atoms with Crippen LogP contribution < -0.4 is 0 Å². The molecule has 4 heteroatoms. The number of rotatable bonds is 17. The van der Waals surface area contributed by atoms with E-state index >= 15 is 0 Å². The fourth-order valence-corrected chi connectivity index (χ4v) is 3.28. The van der Waals surface area contributed by atoms with Gasteiger partial charge in [-0.25, -0.2) is 0 Å². The van der Waals surface area contributed by atoms with Crippen LogP contribution >= 0.6 is 0 Å². The van der Waals surface area contributed by atoms with E-state index in [1.807, 2.05) is 6.92 Å². The molecule has 0 aliphatic carbocycles. The van der Waals surface area contributed by atoms with Crippen molar-refractivity contribution in [1.29, 1.82) is 0 Å². The minimum atomic E-state index is -0.830. The Balaban J connectivity index is 4.12. The van der Waals surface area contributed by atoms with Crippen LogP contribution in [0.5, 0.6) is 0 Å². The summed E-state index contributed by atoms with van der Waals surface area (Å²) in [4.78, 5) is 14.0. The molecular formula is C21H43NO3. The molecule has 1 amide bonds. The van der Waals surface area contributed by atoms with Crippen LogP contribution in [0.25, 0.3) is 0 Å². The number of nitrogens with zero attached hydrogens (tertiary/aromatic N) is 1. The van der Waals surface area contributed by atoms with E-state index in [1.54, 1.807) is 4.90 Å². The second-order valence-electron chi connectivity index (χ2n) is 7.40. The van der Waals surface area contributed by atoms with E-state index < -0.39 is 6.10 Å². The molecule has 4 nitrogen and oxygen atoms in total. The third-order valence-electron chi connectivity index (χ3n) is 5.06. The average molecular weight is 358 g/mol. The minimum Gasteiger partial charge on any atom is -0.394 e. The van der Waals surface area contributed by atoms with E-state index in [2.05, 4.69) is 13.8 Å². The van der Waals surface area contributed by atoms with Crippen LogP contribution in [0.3, 0.4) is 0 Å². The van der Waals surface area contributed by atoms with Gasteiger partial charge in [0, 0.05) is 19.5 Å². The number of hydrogen-bond donors (Lipinski definition) is 2. The van der Waals surface area contributed by atoms with Crippen LogP contribution in [-0.4, -0.2) is 46.8 Å². The molecule has 2 atom stereocenters. The van der Waals surface area contributed by atoms with E-state index in [-0.39, 0.29) is 19.1 Å². The summed E-state index contributed by atoms with van der Waals surface area (Å²) in [5.74, 6) is 0.750. The number of unbranched alkanes of at least 4 members (excludes halogenated alkanes) is 6. The van der Waals surface area contributed by atoms with Gasteiger partial charge in [0.1, 0.15) is 0 Å². The lowest BCUT2D eigenvalue weighted by molar-refractivity contribution is -0.133. The Bertz CT molecular complexity index is 310. The van der Waals surface area contributed by atoms with Crippen molar-refractivity contribution in [1.82, 2.24) is 4.90 Å². The van der Waals surface area contributed by atoms with Gasteiger partial charge in [0.2, 0.25) is 5.91 Å². The van der Waals surface area contributed by atoms with Gasteiger partial charge in [-0.2, -0.15) is 0 Å². The van der Waals surface area contributed by atoms with Gasteiger partial charge >= 0.3 is 0 Å². The number of aliphatic hydroxyl groups excluding tert-OH is 2. The molecule has 0 saturated carbocycles. The van der Waals surface area contributed by atoms with E-state index in [9.17, 15) is 9.90 Å². The first-order valence-electron chi connectivity index (χ1n) is 10.7. The van der Waals surface area contributed by atoms with Crippen molar-refractivity contribution < 1.29 is 15.0 Å². The summed E-state index contributed by atoms with van der Waals surface area (Å²) in [6, 6.07) is 0.